The maximum absolute atomic E-state index is 12.3. The summed E-state index contributed by atoms with van der Waals surface area (Å²) in [6.45, 7) is 2.42. The quantitative estimate of drug-likeness (QED) is 0.754. The number of aliphatic hydroxyl groups is 1. The summed E-state index contributed by atoms with van der Waals surface area (Å²) in [5.41, 5.74) is 1.09. The van der Waals surface area contributed by atoms with Crippen LogP contribution in [-0.2, 0) is 0 Å². The highest BCUT2D eigenvalue weighted by Gasteiger charge is 2.21. The second-order valence-corrected chi connectivity index (χ2v) is 6.40. The van der Waals surface area contributed by atoms with Gasteiger partial charge < -0.3 is 15.7 Å². The number of aliphatic hydroxyl groups excluding tert-OH is 1. The minimum absolute atomic E-state index is 0.0455. The minimum atomic E-state index is -0.0913. The predicted molar refractivity (Wildman–Crippen MR) is 88.6 cm³/mol. The lowest BCUT2D eigenvalue weighted by Crippen LogP contribution is -2.44. The lowest BCUT2D eigenvalue weighted by Gasteiger charge is -2.28. The number of carbonyl (C=O) groups excluding carboxylic acids is 1. The van der Waals surface area contributed by atoms with Crippen molar-refractivity contribution in [3.63, 3.8) is 0 Å². The molecule has 1 aliphatic carbocycles. The Labute approximate surface area is 133 Å². The fraction of sp³-hybridized carbons (Fsp3) is 0.611. The summed E-state index contributed by atoms with van der Waals surface area (Å²) in [5, 5.41) is 15.2. The summed E-state index contributed by atoms with van der Waals surface area (Å²) >= 11 is 0. The lowest BCUT2D eigenvalue weighted by molar-refractivity contribution is 0.222. The summed E-state index contributed by atoms with van der Waals surface area (Å²) < 4.78 is 0. The van der Waals surface area contributed by atoms with Crippen LogP contribution in [0.5, 0.6) is 0 Å². The van der Waals surface area contributed by atoms with Gasteiger partial charge in [-0.05, 0) is 50.0 Å². The number of carbonyl (C=O) groups is 1. The number of nitrogens with one attached hydrogen (secondary N) is 2. The number of urea groups is 1. The Hall–Kier alpha value is -1.55. The number of hydrogen-bond acceptors (Lipinski definition) is 2. The fourth-order valence-corrected chi connectivity index (χ4v) is 3.09. The van der Waals surface area contributed by atoms with Crippen LogP contribution in [0, 0.1) is 5.92 Å². The van der Waals surface area contributed by atoms with E-state index in [4.69, 9.17) is 5.11 Å². The molecule has 1 aromatic rings. The molecule has 4 heteroatoms. The van der Waals surface area contributed by atoms with Gasteiger partial charge in [-0.25, -0.2) is 4.79 Å². The van der Waals surface area contributed by atoms with Crippen molar-refractivity contribution in [3.05, 3.63) is 35.9 Å². The normalized spacial score (nSPS) is 22.8. The van der Waals surface area contributed by atoms with Gasteiger partial charge in [-0.2, -0.15) is 0 Å². The standard InChI is InChI=1S/C18H28N2O2/c1-14-9-11-16(12-10-14)19-18(22)20-17(8-5-13-21)15-6-3-2-4-7-15/h2-4,6-7,14,16-17,21H,5,8-13H2,1H3,(H2,19,20,22). The van der Waals surface area contributed by atoms with Crippen molar-refractivity contribution in [2.45, 2.75) is 57.5 Å². The van der Waals surface area contributed by atoms with E-state index in [1.807, 2.05) is 30.3 Å². The third-order valence-electron chi connectivity index (χ3n) is 4.51. The van der Waals surface area contributed by atoms with Gasteiger partial charge in [0, 0.05) is 12.6 Å². The van der Waals surface area contributed by atoms with Crippen LogP contribution in [-0.4, -0.2) is 23.8 Å². The van der Waals surface area contributed by atoms with E-state index < -0.39 is 0 Å². The molecule has 22 heavy (non-hydrogen) atoms. The Morgan fingerprint density at radius 2 is 1.91 bits per heavy atom. The van der Waals surface area contributed by atoms with Crippen LogP contribution in [0.25, 0.3) is 0 Å². The summed E-state index contributed by atoms with van der Waals surface area (Å²) in [4.78, 5) is 12.3. The molecule has 0 radical (unpaired) electrons. The summed E-state index contributed by atoms with van der Waals surface area (Å²) in [6.07, 6.45) is 5.95. The molecule has 0 saturated heterocycles. The molecular weight excluding hydrogens is 276 g/mol. The van der Waals surface area contributed by atoms with E-state index in [0.29, 0.717) is 12.5 Å². The molecule has 1 aromatic carbocycles. The van der Waals surface area contributed by atoms with Crippen LogP contribution in [0.1, 0.15) is 57.1 Å². The number of rotatable bonds is 6. The molecule has 1 aliphatic rings. The molecule has 1 atom stereocenters. The van der Waals surface area contributed by atoms with Gasteiger partial charge >= 0.3 is 6.03 Å². The molecule has 1 saturated carbocycles. The van der Waals surface area contributed by atoms with Gasteiger partial charge in [0.1, 0.15) is 0 Å². The van der Waals surface area contributed by atoms with Gasteiger partial charge in [0.2, 0.25) is 0 Å². The zero-order chi connectivity index (χ0) is 15.8. The predicted octanol–water partition coefficient (Wildman–Crippen LogP) is 3.38. The molecule has 2 amide bonds. The van der Waals surface area contributed by atoms with Crippen LogP contribution in [0.15, 0.2) is 30.3 Å². The first kappa shape index (κ1) is 16.8. The largest absolute Gasteiger partial charge is 0.396 e. The van der Waals surface area contributed by atoms with Crippen molar-refractivity contribution in [1.82, 2.24) is 10.6 Å². The molecule has 0 aromatic heterocycles. The Morgan fingerprint density at radius 1 is 1.23 bits per heavy atom. The highest BCUT2D eigenvalue weighted by Crippen LogP contribution is 2.23. The first-order valence-electron chi connectivity index (χ1n) is 8.42. The second kappa shape index (κ2) is 8.79. The zero-order valence-electron chi connectivity index (χ0n) is 13.4. The molecule has 0 heterocycles. The van der Waals surface area contributed by atoms with E-state index in [1.165, 1.54) is 12.8 Å². The second-order valence-electron chi connectivity index (χ2n) is 6.40. The average molecular weight is 304 g/mol. The molecule has 0 spiro atoms. The van der Waals surface area contributed by atoms with E-state index in [-0.39, 0.29) is 18.7 Å². The summed E-state index contributed by atoms with van der Waals surface area (Å²) in [6, 6.07) is 10.1. The van der Waals surface area contributed by atoms with Crippen molar-refractivity contribution in [3.8, 4) is 0 Å². The smallest absolute Gasteiger partial charge is 0.315 e. The molecule has 2 rings (SSSR count). The van der Waals surface area contributed by atoms with E-state index >= 15 is 0 Å². The van der Waals surface area contributed by atoms with Gasteiger partial charge in [-0.15, -0.1) is 0 Å². The van der Waals surface area contributed by atoms with Crippen molar-refractivity contribution in [2.24, 2.45) is 5.92 Å². The van der Waals surface area contributed by atoms with Gasteiger partial charge in [-0.3, -0.25) is 0 Å². The van der Waals surface area contributed by atoms with Crippen molar-refractivity contribution in [2.75, 3.05) is 6.61 Å². The molecule has 4 nitrogen and oxygen atoms in total. The number of benzene rings is 1. The molecule has 0 bridgehead atoms. The van der Waals surface area contributed by atoms with Crippen molar-refractivity contribution in [1.29, 1.82) is 0 Å². The first-order valence-corrected chi connectivity index (χ1v) is 8.42. The van der Waals surface area contributed by atoms with E-state index in [2.05, 4.69) is 17.6 Å². The molecule has 1 fully saturated rings. The van der Waals surface area contributed by atoms with Crippen molar-refractivity contribution >= 4 is 6.03 Å². The van der Waals surface area contributed by atoms with Crippen LogP contribution in [0.3, 0.4) is 0 Å². The molecule has 1 unspecified atom stereocenters. The summed E-state index contributed by atoms with van der Waals surface area (Å²) in [5.74, 6) is 0.780. The van der Waals surface area contributed by atoms with Crippen LogP contribution >= 0.6 is 0 Å². The van der Waals surface area contributed by atoms with Crippen LogP contribution < -0.4 is 10.6 Å². The van der Waals surface area contributed by atoms with Crippen molar-refractivity contribution < 1.29 is 9.90 Å². The highest BCUT2D eigenvalue weighted by atomic mass is 16.3. The number of hydrogen-bond donors (Lipinski definition) is 3. The molecular formula is C18H28N2O2. The minimum Gasteiger partial charge on any atom is -0.396 e. The molecule has 0 aliphatic heterocycles. The Kier molecular flexibility index (Phi) is 6.72. The van der Waals surface area contributed by atoms with Gasteiger partial charge in [0.25, 0.3) is 0 Å². The zero-order valence-corrected chi connectivity index (χ0v) is 13.4. The Morgan fingerprint density at radius 3 is 2.55 bits per heavy atom. The lowest BCUT2D eigenvalue weighted by atomic mass is 9.87. The monoisotopic (exact) mass is 304 g/mol. The third-order valence-corrected chi connectivity index (χ3v) is 4.51. The average Bonchev–Trinajstić information content (AvgIpc) is 2.54. The van der Waals surface area contributed by atoms with E-state index in [1.54, 1.807) is 0 Å². The van der Waals surface area contributed by atoms with Gasteiger partial charge in [0.15, 0.2) is 0 Å². The Balaban J connectivity index is 1.87. The summed E-state index contributed by atoms with van der Waals surface area (Å²) in [7, 11) is 0. The number of amides is 2. The van der Waals surface area contributed by atoms with E-state index in [0.717, 1.165) is 30.7 Å². The SMILES string of the molecule is CC1CCC(NC(=O)NC(CCCO)c2ccccc2)CC1. The van der Waals surface area contributed by atoms with Crippen LogP contribution in [0.2, 0.25) is 0 Å². The first-order chi connectivity index (χ1) is 10.7. The fourth-order valence-electron chi connectivity index (χ4n) is 3.09. The van der Waals surface area contributed by atoms with Gasteiger partial charge in [0.05, 0.1) is 6.04 Å². The van der Waals surface area contributed by atoms with E-state index in [9.17, 15) is 4.79 Å². The third kappa shape index (κ3) is 5.34. The molecule has 3 N–H and O–H groups in total. The molecule has 122 valence electrons. The maximum Gasteiger partial charge on any atom is 0.315 e. The maximum atomic E-state index is 12.3. The Bertz CT molecular complexity index is 442. The topological polar surface area (TPSA) is 61.4 Å². The van der Waals surface area contributed by atoms with Gasteiger partial charge in [-0.1, -0.05) is 37.3 Å². The highest BCUT2D eigenvalue weighted by molar-refractivity contribution is 5.74. The van der Waals surface area contributed by atoms with Crippen LogP contribution in [0.4, 0.5) is 4.79 Å².